The van der Waals surface area contributed by atoms with Gasteiger partial charge in [-0.2, -0.15) is 0 Å². The van der Waals surface area contributed by atoms with E-state index in [4.69, 9.17) is 4.74 Å². The van der Waals surface area contributed by atoms with Gasteiger partial charge >= 0.3 is 0 Å². The Morgan fingerprint density at radius 2 is 2.24 bits per heavy atom. The fourth-order valence-corrected chi connectivity index (χ4v) is 4.30. The van der Waals surface area contributed by atoms with Gasteiger partial charge in [0, 0.05) is 35.5 Å². The van der Waals surface area contributed by atoms with Gasteiger partial charge in [-0.3, -0.25) is 4.79 Å². The Kier molecular flexibility index (Phi) is 5.40. The van der Waals surface area contributed by atoms with Crippen molar-refractivity contribution >= 4 is 31.6 Å². The maximum Gasteiger partial charge on any atom is 0.153 e. The molecular formula is C14H18BrNO4S. The molecule has 2 rings (SSSR count). The number of ketones is 1. The average Bonchev–Trinajstić information content (AvgIpc) is 2.37. The molecular weight excluding hydrogens is 358 g/mol. The number of nitrogens with one attached hydrogen (secondary N) is 1. The van der Waals surface area contributed by atoms with Crippen LogP contribution in [0.15, 0.2) is 22.7 Å². The minimum Gasteiger partial charge on any atom is -0.496 e. The predicted octanol–water partition coefficient (Wildman–Crippen LogP) is 1.35. The topological polar surface area (TPSA) is 72.5 Å². The lowest BCUT2D eigenvalue weighted by Crippen LogP contribution is -2.46. The number of ether oxygens (including phenoxy) is 1. The molecule has 1 atom stereocenters. The van der Waals surface area contributed by atoms with Crippen LogP contribution < -0.4 is 10.1 Å². The van der Waals surface area contributed by atoms with Crippen LogP contribution in [0.3, 0.4) is 0 Å². The zero-order valence-electron chi connectivity index (χ0n) is 11.8. The molecule has 0 saturated carbocycles. The van der Waals surface area contributed by atoms with Gasteiger partial charge in [-0.15, -0.1) is 0 Å². The smallest absolute Gasteiger partial charge is 0.153 e. The Balaban J connectivity index is 2.00. The van der Waals surface area contributed by atoms with E-state index in [2.05, 4.69) is 21.2 Å². The second-order valence-corrected chi connectivity index (χ2v) is 8.29. The summed E-state index contributed by atoms with van der Waals surface area (Å²) in [7, 11) is -1.45. The molecule has 0 aliphatic carbocycles. The summed E-state index contributed by atoms with van der Waals surface area (Å²) in [5, 5.41) is 3.09. The summed E-state index contributed by atoms with van der Waals surface area (Å²) in [5.74, 6) is 0.850. The predicted molar refractivity (Wildman–Crippen MR) is 84.5 cm³/mol. The lowest BCUT2D eigenvalue weighted by Gasteiger charge is -2.23. The maximum atomic E-state index is 12.2. The number of rotatable bonds is 5. The number of halogens is 1. The van der Waals surface area contributed by atoms with Gasteiger partial charge in [-0.05, 0) is 18.2 Å². The zero-order valence-corrected chi connectivity index (χ0v) is 14.2. The van der Waals surface area contributed by atoms with Gasteiger partial charge < -0.3 is 10.1 Å². The van der Waals surface area contributed by atoms with Crippen LogP contribution in [-0.4, -0.2) is 45.4 Å². The third-order valence-corrected chi connectivity index (χ3v) is 5.63. The molecule has 1 aromatic rings. The third kappa shape index (κ3) is 4.79. The summed E-state index contributed by atoms with van der Waals surface area (Å²) in [4.78, 5) is 12.2. The van der Waals surface area contributed by atoms with Gasteiger partial charge in [0.25, 0.3) is 0 Å². The fourth-order valence-electron chi connectivity index (χ4n) is 2.44. The number of sulfone groups is 1. The van der Waals surface area contributed by atoms with E-state index >= 15 is 0 Å². The summed E-state index contributed by atoms with van der Waals surface area (Å²) in [5.41, 5.74) is 0.801. The molecule has 1 aliphatic heterocycles. The Bertz CT molecular complexity index is 630. The Labute approximate surface area is 133 Å². The lowest BCUT2D eigenvalue weighted by atomic mass is 10.0. The van der Waals surface area contributed by atoms with Crippen LogP contribution in [0.2, 0.25) is 0 Å². The second-order valence-electron chi connectivity index (χ2n) is 5.14. The molecule has 1 heterocycles. The number of methoxy groups -OCH3 is 1. The maximum absolute atomic E-state index is 12.2. The first-order chi connectivity index (χ1) is 9.89. The van der Waals surface area contributed by atoms with Crippen molar-refractivity contribution in [1.29, 1.82) is 0 Å². The largest absolute Gasteiger partial charge is 0.496 e. The van der Waals surface area contributed by atoms with Crippen LogP contribution in [0.4, 0.5) is 0 Å². The standard InChI is InChI=1S/C14H18BrNO4S/c1-20-14-3-2-11(15)6-10(14)7-13(17)8-12-9-21(18,19)5-4-16-12/h2-3,6,12,16H,4-5,7-9H2,1H3. The van der Waals surface area contributed by atoms with Crippen molar-refractivity contribution in [3.8, 4) is 5.75 Å². The van der Waals surface area contributed by atoms with Gasteiger partial charge in [0.05, 0.1) is 18.6 Å². The van der Waals surface area contributed by atoms with Crippen LogP contribution in [0.5, 0.6) is 5.75 Å². The van der Waals surface area contributed by atoms with E-state index in [1.54, 1.807) is 13.2 Å². The number of carbonyl (C=O) groups excluding carboxylic acids is 1. The lowest BCUT2D eigenvalue weighted by molar-refractivity contribution is -0.118. The average molecular weight is 376 g/mol. The van der Waals surface area contributed by atoms with Crippen LogP contribution >= 0.6 is 15.9 Å². The van der Waals surface area contributed by atoms with Crippen molar-refractivity contribution in [1.82, 2.24) is 5.32 Å². The molecule has 0 aromatic heterocycles. The highest BCUT2D eigenvalue weighted by Gasteiger charge is 2.26. The van der Waals surface area contributed by atoms with E-state index in [-0.39, 0.29) is 36.2 Å². The molecule has 0 radical (unpaired) electrons. The summed E-state index contributed by atoms with van der Waals surface area (Å²) >= 11 is 3.37. The van der Waals surface area contributed by atoms with Crippen molar-refractivity contribution in [2.45, 2.75) is 18.9 Å². The first kappa shape index (κ1) is 16.5. The van der Waals surface area contributed by atoms with Crippen molar-refractivity contribution < 1.29 is 17.9 Å². The SMILES string of the molecule is COc1ccc(Br)cc1CC(=O)CC1CS(=O)(=O)CCN1. The van der Waals surface area contributed by atoms with Crippen molar-refractivity contribution in [2.24, 2.45) is 0 Å². The van der Waals surface area contributed by atoms with Gasteiger partial charge in [0.15, 0.2) is 9.84 Å². The summed E-state index contributed by atoms with van der Waals surface area (Å²) in [6.45, 7) is 0.417. The number of benzene rings is 1. The van der Waals surface area contributed by atoms with Crippen LogP contribution in [0, 0.1) is 0 Å². The van der Waals surface area contributed by atoms with Crippen LogP contribution in [0.25, 0.3) is 0 Å². The van der Waals surface area contributed by atoms with E-state index in [0.29, 0.717) is 12.3 Å². The quantitative estimate of drug-likeness (QED) is 0.840. The summed E-state index contributed by atoms with van der Waals surface area (Å²) < 4.78 is 29.3. The molecule has 1 aromatic carbocycles. The molecule has 1 unspecified atom stereocenters. The highest BCUT2D eigenvalue weighted by molar-refractivity contribution is 9.10. The Morgan fingerprint density at radius 1 is 1.48 bits per heavy atom. The number of Topliss-reactive ketones (excluding diaryl/α,β-unsaturated/α-hetero) is 1. The van der Waals surface area contributed by atoms with Gasteiger partial charge in [-0.25, -0.2) is 8.42 Å². The molecule has 1 fully saturated rings. The monoisotopic (exact) mass is 375 g/mol. The number of hydrogen-bond acceptors (Lipinski definition) is 5. The Hall–Kier alpha value is -0.920. The number of carbonyl (C=O) groups is 1. The van der Waals surface area contributed by atoms with E-state index < -0.39 is 9.84 Å². The van der Waals surface area contributed by atoms with Crippen molar-refractivity contribution in [2.75, 3.05) is 25.2 Å². The molecule has 21 heavy (non-hydrogen) atoms. The second kappa shape index (κ2) is 6.89. The highest BCUT2D eigenvalue weighted by atomic mass is 79.9. The zero-order chi connectivity index (χ0) is 15.5. The van der Waals surface area contributed by atoms with Crippen molar-refractivity contribution in [3.63, 3.8) is 0 Å². The number of hydrogen-bond donors (Lipinski definition) is 1. The third-order valence-electron chi connectivity index (χ3n) is 3.41. The van der Waals surface area contributed by atoms with E-state index in [1.807, 2.05) is 12.1 Å². The highest BCUT2D eigenvalue weighted by Crippen LogP contribution is 2.24. The molecule has 7 heteroatoms. The van der Waals surface area contributed by atoms with E-state index in [0.717, 1.165) is 10.0 Å². The molecule has 0 spiro atoms. The molecule has 1 aliphatic rings. The minimum absolute atomic E-state index is 0.000926. The molecule has 116 valence electrons. The van der Waals surface area contributed by atoms with Crippen LogP contribution in [-0.2, 0) is 21.1 Å². The van der Waals surface area contributed by atoms with Gasteiger partial charge in [-0.1, -0.05) is 15.9 Å². The fraction of sp³-hybridized carbons (Fsp3) is 0.500. The minimum atomic E-state index is -3.02. The molecule has 0 bridgehead atoms. The molecule has 5 nitrogen and oxygen atoms in total. The first-order valence-electron chi connectivity index (χ1n) is 6.67. The van der Waals surface area contributed by atoms with E-state index in [1.165, 1.54) is 0 Å². The summed E-state index contributed by atoms with van der Waals surface area (Å²) in [6, 6.07) is 5.22. The molecule has 0 amide bonds. The molecule has 1 saturated heterocycles. The normalized spacial score (nSPS) is 21.0. The van der Waals surface area contributed by atoms with Crippen molar-refractivity contribution in [3.05, 3.63) is 28.2 Å². The van der Waals surface area contributed by atoms with Gasteiger partial charge in [0.2, 0.25) is 0 Å². The van der Waals surface area contributed by atoms with Gasteiger partial charge in [0.1, 0.15) is 11.5 Å². The Morgan fingerprint density at radius 3 is 2.90 bits per heavy atom. The first-order valence-corrected chi connectivity index (χ1v) is 9.29. The summed E-state index contributed by atoms with van der Waals surface area (Å²) in [6.07, 6.45) is 0.454. The van der Waals surface area contributed by atoms with E-state index in [9.17, 15) is 13.2 Å². The molecule has 1 N–H and O–H groups in total. The van der Waals surface area contributed by atoms with Crippen LogP contribution in [0.1, 0.15) is 12.0 Å².